The third-order valence-corrected chi connectivity index (χ3v) is 1.74. The minimum atomic E-state index is -1.22. The van der Waals surface area contributed by atoms with Crippen LogP contribution in [0, 0.1) is 17.5 Å². The molecule has 0 spiro atoms. The third kappa shape index (κ3) is 1.14. The van der Waals surface area contributed by atoms with E-state index in [1.54, 1.807) is 0 Å². The Bertz CT molecular complexity index is 468. The number of halogens is 3. The number of hydrogen-bond donors (Lipinski definition) is 0. The summed E-state index contributed by atoms with van der Waals surface area (Å²) in [6, 6.07) is 3.32. The van der Waals surface area contributed by atoms with Crippen molar-refractivity contribution >= 4 is 10.9 Å². The van der Waals surface area contributed by atoms with Gasteiger partial charge in [0, 0.05) is 17.6 Å². The van der Waals surface area contributed by atoms with Crippen molar-refractivity contribution in [2.75, 3.05) is 0 Å². The Labute approximate surface area is 71.8 Å². The first kappa shape index (κ1) is 8.04. The summed E-state index contributed by atoms with van der Waals surface area (Å²) in [6.45, 7) is 0. The summed E-state index contributed by atoms with van der Waals surface area (Å²) in [6.07, 6.45) is 1.28. The van der Waals surface area contributed by atoms with Crippen LogP contribution < -0.4 is 0 Å². The average molecular weight is 183 g/mol. The van der Waals surface area contributed by atoms with Crippen molar-refractivity contribution in [1.82, 2.24) is 4.98 Å². The molecule has 1 aromatic carbocycles. The fraction of sp³-hybridized carbons (Fsp3) is 0. The summed E-state index contributed by atoms with van der Waals surface area (Å²) in [5.41, 5.74) is -0.278. The zero-order valence-electron chi connectivity index (χ0n) is 6.39. The molecular weight excluding hydrogens is 179 g/mol. The Morgan fingerprint density at radius 2 is 1.85 bits per heavy atom. The standard InChI is InChI=1S/C9H4F3N/c10-6-4-7(11)8(12)9-5(6)2-1-3-13-9/h1-4H. The summed E-state index contributed by atoms with van der Waals surface area (Å²) in [7, 11) is 0. The molecule has 0 aliphatic carbocycles. The molecule has 0 saturated heterocycles. The van der Waals surface area contributed by atoms with E-state index in [4.69, 9.17) is 0 Å². The van der Waals surface area contributed by atoms with Crippen molar-refractivity contribution in [3.63, 3.8) is 0 Å². The molecule has 0 aliphatic rings. The lowest BCUT2D eigenvalue weighted by atomic mass is 10.2. The zero-order chi connectivity index (χ0) is 9.42. The topological polar surface area (TPSA) is 12.9 Å². The Balaban J connectivity index is 2.97. The van der Waals surface area contributed by atoms with Crippen molar-refractivity contribution in [3.05, 3.63) is 41.8 Å². The van der Waals surface area contributed by atoms with Gasteiger partial charge in [0.25, 0.3) is 0 Å². The molecule has 0 aliphatic heterocycles. The number of benzene rings is 1. The Hall–Kier alpha value is -1.58. The number of pyridine rings is 1. The quantitative estimate of drug-likeness (QED) is 0.572. The Kier molecular flexibility index (Phi) is 1.69. The highest BCUT2D eigenvalue weighted by Crippen LogP contribution is 2.20. The molecule has 0 saturated carbocycles. The first-order valence-electron chi connectivity index (χ1n) is 3.58. The van der Waals surface area contributed by atoms with Crippen molar-refractivity contribution in [2.24, 2.45) is 0 Å². The Morgan fingerprint density at radius 1 is 1.08 bits per heavy atom. The van der Waals surface area contributed by atoms with Gasteiger partial charge < -0.3 is 0 Å². The highest BCUT2D eigenvalue weighted by atomic mass is 19.2. The van der Waals surface area contributed by atoms with Crippen molar-refractivity contribution in [2.45, 2.75) is 0 Å². The molecule has 0 fully saturated rings. The van der Waals surface area contributed by atoms with Crippen LogP contribution in [0.5, 0.6) is 0 Å². The molecule has 66 valence electrons. The zero-order valence-corrected chi connectivity index (χ0v) is 6.39. The van der Waals surface area contributed by atoms with Crippen LogP contribution in [0.25, 0.3) is 10.9 Å². The fourth-order valence-corrected chi connectivity index (χ4v) is 1.14. The maximum Gasteiger partial charge on any atom is 0.185 e. The smallest absolute Gasteiger partial charge is 0.185 e. The molecule has 0 bridgehead atoms. The number of nitrogens with zero attached hydrogens (tertiary/aromatic N) is 1. The van der Waals surface area contributed by atoms with Crippen LogP contribution in [0.15, 0.2) is 24.4 Å². The number of rotatable bonds is 0. The van der Waals surface area contributed by atoms with Gasteiger partial charge in [0.2, 0.25) is 0 Å². The first-order chi connectivity index (χ1) is 6.20. The van der Waals surface area contributed by atoms with Crippen molar-refractivity contribution < 1.29 is 13.2 Å². The van der Waals surface area contributed by atoms with Gasteiger partial charge >= 0.3 is 0 Å². The first-order valence-corrected chi connectivity index (χ1v) is 3.58. The lowest BCUT2D eigenvalue weighted by Crippen LogP contribution is -1.92. The second kappa shape index (κ2) is 2.73. The van der Waals surface area contributed by atoms with Crippen LogP contribution in [0.2, 0.25) is 0 Å². The number of aromatic nitrogens is 1. The van der Waals surface area contributed by atoms with Crippen LogP contribution in [0.3, 0.4) is 0 Å². The van der Waals surface area contributed by atoms with Crippen molar-refractivity contribution in [1.29, 1.82) is 0 Å². The van der Waals surface area contributed by atoms with Gasteiger partial charge in [0.05, 0.1) is 0 Å². The summed E-state index contributed by atoms with van der Waals surface area (Å²) in [5.74, 6) is -3.14. The van der Waals surface area contributed by atoms with Gasteiger partial charge in [-0.25, -0.2) is 13.2 Å². The molecule has 2 aromatic rings. The molecule has 0 radical (unpaired) electrons. The summed E-state index contributed by atoms with van der Waals surface area (Å²) >= 11 is 0. The van der Waals surface area contributed by atoms with Crippen LogP contribution in [-0.4, -0.2) is 4.98 Å². The van der Waals surface area contributed by atoms with E-state index >= 15 is 0 Å². The fourth-order valence-electron chi connectivity index (χ4n) is 1.14. The van der Waals surface area contributed by atoms with Crippen LogP contribution >= 0.6 is 0 Å². The molecule has 0 amide bonds. The summed E-state index contributed by atoms with van der Waals surface area (Å²) in [4.78, 5) is 3.55. The molecule has 0 unspecified atom stereocenters. The van der Waals surface area contributed by atoms with Gasteiger partial charge in [-0.2, -0.15) is 0 Å². The van der Waals surface area contributed by atoms with E-state index < -0.39 is 17.5 Å². The molecule has 2 rings (SSSR count). The highest BCUT2D eigenvalue weighted by molar-refractivity contribution is 5.79. The maximum atomic E-state index is 13.0. The van der Waals surface area contributed by atoms with Gasteiger partial charge in [0.15, 0.2) is 11.6 Å². The maximum absolute atomic E-state index is 13.0. The second-order valence-corrected chi connectivity index (χ2v) is 2.55. The van der Waals surface area contributed by atoms with E-state index in [0.29, 0.717) is 6.07 Å². The van der Waals surface area contributed by atoms with Crippen LogP contribution in [0.1, 0.15) is 0 Å². The SMILES string of the molecule is Fc1cc(F)c2cccnc2c1F. The number of fused-ring (bicyclic) bond motifs is 1. The van der Waals surface area contributed by atoms with Gasteiger partial charge in [0.1, 0.15) is 11.3 Å². The highest BCUT2D eigenvalue weighted by Gasteiger charge is 2.11. The molecule has 0 N–H and O–H groups in total. The summed E-state index contributed by atoms with van der Waals surface area (Å²) < 4.78 is 38.6. The minimum Gasteiger partial charge on any atom is -0.253 e. The molecule has 4 heteroatoms. The van der Waals surface area contributed by atoms with Crippen molar-refractivity contribution in [3.8, 4) is 0 Å². The predicted molar refractivity (Wildman–Crippen MR) is 41.6 cm³/mol. The average Bonchev–Trinajstić information content (AvgIpc) is 2.15. The summed E-state index contributed by atoms with van der Waals surface area (Å²) in [5, 5.41) is -0.0126. The molecule has 0 atom stereocenters. The third-order valence-electron chi connectivity index (χ3n) is 1.74. The molecule has 1 heterocycles. The van der Waals surface area contributed by atoms with Crippen LogP contribution in [0.4, 0.5) is 13.2 Å². The van der Waals surface area contributed by atoms with Gasteiger partial charge in [-0.3, -0.25) is 4.98 Å². The number of hydrogen-bond acceptors (Lipinski definition) is 1. The van der Waals surface area contributed by atoms with Gasteiger partial charge in [-0.15, -0.1) is 0 Å². The lowest BCUT2D eigenvalue weighted by molar-refractivity contribution is 0.504. The second-order valence-electron chi connectivity index (χ2n) is 2.55. The molecular formula is C9H4F3N. The van der Waals surface area contributed by atoms with E-state index in [9.17, 15) is 13.2 Å². The van der Waals surface area contributed by atoms with E-state index in [1.807, 2.05) is 0 Å². The Morgan fingerprint density at radius 3 is 2.62 bits per heavy atom. The molecule has 13 heavy (non-hydrogen) atoms. The van der Waals surface area contributed by atoms with E-state index in [-0.39, 0.29) is 10.9 Å². The molecule has 1 nitrogen and oxygen atoms in total. The van der Waals surface area contributed by atoms with E-state index in [0.717, 1.165) is 0 Å². The monoisotopic (exact) mass is 183 g/mol. The lowest BCUT2D eigenvalue weighted by Gasteiger charge is -1.99. The van der Waals surface area contributed by atoms with E-state index in [1.165, 1.54) is 18.3 Å². The normalized spacial score (nSPS) is 10.7. The van der Waals surface area contributed by atoms with Gasteiger partial charge in [-0.05, 0) is 12.1 Å². The minimum absolute atomic E-state index is 0.0126. The van der Waals surface area contributed by atoms with E-state index in [2.05, 4.69) is 4.98 Å². The van der Waals surface area contributed by atoms with Gasteiger partial charge in [-0.1, -0.05) is 0 Å². The largest absolute Gasteiger partial charge is 0.253 e. The molecule has 1 aromatic heterocycles. The predicted octanol–water partition coefficient (Wildman–Crippen LogP) is 2.65. The van der Waals surface area contributed by atoms with Crippen LogP contribution in [-0.2, 0) is 0 Å².